The van der Waals surface area contributed by atoms with Crippen molar-refractivity contribution >= 4 is 11.6 Å². The highest BCUT2D eigenvalue weighted by Crippen LogP contribution is 2.38. The van der Waals surface area contributed by atoms with Gasteiger partial charge in [-0.1, -0.05) is 30.3 Å². The van der Waals surface area contributed by atoms with Gasteiger partial charge in [0, 0.05) is 11.6 Å². The third kappa shape index (κ3) is 2.21. The second-order valence-corrected chi connectivity index (χ2v) is 4.26. The molecule has 0 aliphatic carbocycles. The minimum atomic E-state index is -0.719. The van der Waals surface area contributed by atoms with E-state index in [-0.39, 0.29) is 11.1 Å². The molecule has 0 atom stereocenters. The summed E-state index contributed by atoms with van der Waals surface area (Å²) in [7, 11) is 0. The second-order valence-electron chi connectivity index (χ2n) is 4.26. The zero-order valence-electron chi connectivity index (χ0n) is 10.6. The predicted molar refractivity (Wildman–Crippen MR) is 71.3 cm³/mol. The highest BCUT2D eigenvalue weighted by molar-refractivity contribution is 6.15. The van der Waals surface area contributed by atoms with Crippen molar-refractivity contribution in [3.05, 3.63) is 53.1 Å². The maximum atomic E-state index is 12.3. The number of Topliss-reactive ketones (excluding diaryl/α,β-unsaturated/α-hetero) is 1. The summed E-state index contributed by atoms with van der Waals surface area (Å²) in [6.45, 7) is 1.14. The first-order chi connectivity index (χ1) is 9.43. The number of hydrogen-bond donors (Lipinski definition) is 3. The number of carbonyl (C=O) groups excluding carboxylic acids is 2. The minimum absolute atomic E-state index is 0.248. The summed E-state index contributed by atoms with van der Waals surface area (Å²) in [6.07, 6.45) is 0. The third-order valence-corrected chi connectivity index (χ3v) is 2.87. The van der Waals surface area contributed by atoms with Crippen molar-refractivity contribution < 1.29 is 24.9 Å². The van der Waals surface area contributed by atoms with Crippen LogP contribution in [-0.2, 0) is 0 Å². The van der Waals surface area contributed by atoms with Gasteiger partial charge < -0.3 is 15.3 Å². The van der Waals surface area contributed by atoms with E-state index in [0.29, 0.717) is 0 Å². The van der Waals surface area contributed by atoms with E-state index in [2.05, 4.69) is 0 Å². The number of hydrogen-bond acceptors (Lipinski definition) is 5. The molecule has 20 heavy (non-hydrogen) atoms. The Morgan fingerprint density at radius 1 is 0.900 bits per heavy atom. The molecule has 0 amide bonds. The van der Waals surface area contributed by atoms with Crippen LogP contribution in [-0.4, -0.2) is 26.9 Å². The van der Waals surface area contributed by atoms with Crippen LogP contribution in [0.25, 0.3) is 0 Å². The topological polar surface area (TPSA) is 94.8 Å². The number of rotatable bonds is 3. The first-order valence-corrected chi connectivity index (χ1v) is 5.82. The van der Waals surface area contributed by atoms with E-state index in [1.54, 1.807) is 18.2 Å². The van der Waals surface area contributed by atoms with Crippen LogP contribution >= 0.6 is 0 Å². The average Bonchev–Trinajstić information content (AvgIpc) is 2.38. The molecule has 0 saturated heterocycles. The molecule has 0 fully saturated rings. The van der Waals surface area contributed by atoms with Crippen LogP contribution in [0.1, 0.15) is 33.2 Å². The molecule has 0 saturated carbocycles. The van der Waals surface area contributed by atoms with Gasteiger partial charge >= 0.3 is 0 Å². The summed E-state index contributed by atoms with van der Waals surface area (Å²) >= 11 is 0. The molecule has 0 aliphatic heterocycles. The largest absolute Gasteiger partial charge is 0.507 e. The molecule has 102 valence electrons. The maximum Gasteiger partial charge on any atom is 0.200 e. The smallest absolute Gasteiger partial charge is 0.200 e. The first kappa shape index (κ1) is 13.6. The molecular formula is C15H12O5. The summed E-state index contributed by atoms with van der Waals surface area (Å²) in [5.41, 5.74) is -0.542. The van der Waals surface area contributed by atoms with Crippen molar-refractivity contribution in [1.29, 1.82) is 0 Å². The molecule has 2 rings (SSSR count). The SMILES string of the molecule is CC(=O)c1c(O)cc(O)c(C(=O)c2ccccc2)c1O. The zero-order chi connectivity index (χ0) is 14.9. The second kappa shape index (κ2) is 5.05. The summed E-state index contributed by atoms with van der Waals surface area (Å²) in [6, 6.07) is 8.88. The molecule has 3 N–H and O–H groups in total. The van der Waals surface area contributed by atoms with E-state index in [0.717, 1.165) is 13.0 Å². The third-order valence-electron chi connectivity index (χ3n) is 2.87. The monoisotopic (exact) mass is 272 g/mol. The van der Waals surface area contributed by atoms with Crippen molar-refractivity contribution in [3.8, 4) is 17.2 Å². The van der Waals surface area contributed by atoms with Gasteiger partial charge in [0.15, 0.2) is 5.78 Å². The van der Waals surface area contributed by atoms with E-state index in [1.807, 2.05) is 0 Å². The van der Waals surface area contributed by atoms with Crippen LogP contribution in [0.15, 0.2) is 36.4 Å². The van der Waals surface area contributed by atoms with Crippen molar-refractivity contribution in [2.75, 3.05) is 0 Å². The fourth-order valence-electron chi connectivity index (χ4n) is 1.95. The standard InChI is InChI=1S/C15H12O5/c1-8(16)12-10(17)7-11(18)13(15(12)20)14(19)9-5-3-2-4-6-9/h2-7,17-18,20H,1H3. The maximum absolute atomic E-state index is 12.3. The highest BCUT2D eigenvalue weighted by Gasteiger charge is 2.25. The lowest BCUT2D eigenvalue weighted by Gasteiger charge is -2.11. The van der Waals surface area contributed by atoms with Crippen LogP contribution in [0.2, 0.25) is 0 Å². The van der Waals surface area contributed by atoms with Gasteiger partial charge in [-0.2, -0.15) is 0 Å². The van der Waals surface area contributed by atoms with Crippen molar-refractivity contribution in [2.24, 2.45) is 0 Å². The minimum Gasteiger partial charge on any atom is -0.507 e. The molecule has 2 aromatic rings. The Hall–Kier alpha value is -2.82. The van der Waals surface area contributed by atoms with Crippen molar-refractivity contribution in [3.63, 3.8) is 0 Å². The fraction of sp³-hybridized carbons (Fsp3) is 0.0667. The lowest BCUT2D eigenvalue weighted by molar-refractivity contribution is 0.101. The van der Waals surface area contributed by atoms with E-state index in [1.165, 1.54) is 12.1 Å². The number of carbonyl (C=O) groups is 2. The molecule has 0 radical (unpaired) electrons. The normalized spacial score (nSPS) is 10.2. The number of aromatic hydroxyl groups is 3. The molecular weight excluding hydrogens is 260 g/mol. The summed E-state index contributed by atoms with van der Waals surface area (Å²) in [5, 5.41) is 29.3. The van der Waals surface area contributed by atoms with E-state index in [9.17, 15) is 24.9 Å². The number of phenols is 3. The van der Waals surface area contributed by atoms with Crippen molar-refractivity contribution in [2.45, 2.75) is 6.92 Å². The lowest BCUT2D eigenvalue weighted by atomic mass is 9.97. The Morgan fingerprint density at radius 3 is 2.00 bits per heavy atom. The molecule has 0 unspecified atom stereocenters. The van der Waals surface area contributed by atoms with Crippen LogP contribution in [0, 0.1) is 0 Å². The highest BCUT2D eigenvalue weighted by atomic mass is 16.3. The predicted octanol–water partition coefficient (Wildman–Crippen LogP) is 2.24. The molecule has 0 aromatic heterocycles. The molecule has 0 heterocycles. The fourth-order valence-corrected chi connectivity index (χ4v) is 1.95. The van der Waals surface area contributed by atoms with Gasteiger partial charge in [-0.3, -0.25) is 9.59 Å². The van der Waals surface area contributed by atoms with Gasteiger partial charge in [0.1, 0.15) is 28.4 Å². The van der Waals surface area contributed by atoms with Crippen LogP contribution in [0.5, 0.6) is 17.2 Å². The lowest BCUT2D eigenvalue weighted by Crippen LogP contribution is -2.05. The van der Waals surface area contributed by atoms with Crippen LogP contribution in [0.3, 0.4) is 0 Å². The number of ketones is 2. The quantitative estimate of drug-likeness (QED) is 0.745. The van der Waals surface area contributed by atoms with E-state index in [4.69, 9.17) is 0 Å². The molecule has 2 aromatic carbocycles. The average molecular weight is 272 g/mol. The van der Waals surface area contributed by atoms with Gasteiger partial charge in [0.05, 0.1) is 0 Å². The molecule has 0 bridgehead atoms. The van der Waals surface area contributed by atoms with Gasteiger partial charge in [-0.05, 0) is 6.92 Å². The van der Waals surface area contributed by atoms with Gasteiger partial charge in [-0.25, -0.2) is 0 Å². The molecule has 5 heteroatoms. The Bertz CT molecular complexity index is 689. The molecule has 0 aliphatic rings. The zero-order valence-corrected chi connectivity index (χ0v) is 10.6. The Morgan fingerprint density at radius 2 is 1.45 bits per heavy atom. The number of phenolic OH excluding ortho intramolecular Hbond substituents is 3. The van der Waals surface area contributed by atoms with Gasteiger partial charge in [-0.15, -0.1) is 0 Å². The van der Waals surface area contributed by atoms with Gasteiger partial charge in [0.2, 0.25) is 5.78 Å². The van der Waals surface area contributed by atoms with E-state index >= 15 is 0 Å². The summed E-state index contributed by atoms with van der Waals surface area (Å²) in [5.74, 6) is -3.12. The van der Waals surface area contributed by atoms with Crippen LogP contribution < -0.4 is 0 Å². The summed E-state index contributed by atoms with van der Waals surface area (Å²) < 4.78 is 0. The Kier molecular flexibility index (Phi) is 3.43. The first-order valence-electron chi connectivity index (χ1n) is 5.82. The Labute approximate surface area is 114 Å². The Balaban J connectivity index is 2.66. The number of benzene rings is 2. The van der Waals surface area contributed by atoms with Gasteiger partial charge in [0.25, 0.3) is 0 Å². The molecule has 5 nitrogen and oxygen atoms in total. The summed E-state index contributed by atoms with van der Waals surface area (Å²) in [4.78, 5) is 23.7. The van der Waals surface area contributed by atoms with E-state index < -0.39 is 34.4 Å². The van der Waals surface area contributed by atoms with Crippen molar-refractivity contribution in [1.82, 2.24) is 0 Å². The molecule has 0 spiro atoms. The van der Waals surface area contributed by atoms with Crippen LogP contribution in [0.4, 0.5) is 0 Å².